The third-order valence-corrected chi connectivity index (χ3v) is 1.96. The minimum absolute atomic E-state index is 0.0573. The average Bonchev–Trinajstić information content (AvgIpc) is 2.04. The minimum Gasteiger partial charge on any atom is -0.508 e. The van der Waals surface area contributed by atoms with E-state index in [-0.39, 0.29) is 11.7 Å². The van der Waals surface area contributed by atoms with Crippen LogP contribution >= 0.6 is 11.8 Å². The molecule has 1 aromatic carbocycles. The fraction of sp³-hybridized carbons (Fsp3) is 0.222. The largest absolute Gasteiger partial charge is 0.508 e. The van der Waals surface area contributed by atoms with E-state index in [4.69, 9.17) is 5.11 Å². The molecule has 0 aromatic heterocycles. The number of amides is 1. The summed E-state index contributed by atoms with van der Waals surface area (Å²) in [6.45, 7) is 0. The van der Waals surface area contributed by atoms with Crippen LogP contribution in [0.2, 0.25) is 0 Å². The Kier molecular flexibility index (Phi) is 3.64. The molecule has 1 amide bonds. The lowest BCUT2D eigenvalue weighted by Crippen LogP contribution is -2.13. The number of hydrogen-bond acceptors (Lipinski definition) is 3. The zero-order valence-electron chi connectivity index (χ0n) is 7.28. The van der Waals surface area contributed by atoms with Crippen LogP contribution in [0, 0.1) is 0 Å². The molecule has 0 aliphatic carbocycles. The van der Waals surface area contributed by atoms with Gasteiger partial charge in [0.2, 0.25) is 5.91 Å². The Hall–Kier alpha value is -1.16. The summed E-state index contributed by atoms with van der Waals surface area (Å²) in [6.07, 6.45) is 1.86. The van der Waals surface area contributed by atoms with Gasteiger partial charge in [-0.15, -0.1) is 0 Å². The fourth-order valence-corrected chi connectivity index (χ4v) is 1.25. The number of nitrogens with one attached hydrogen (secondary N) is 1. The molecule has 0 fully saturated rings. The normalized spacial score (nSPS) is 9.62. The Bertz CT molecular complexity index is 301. The topological polar surface area (TPSA) is 49.3 Å². The third-order valence-electron chi connectivity index (χ3n) is 1.41. The molecule has 0 bridgehead atoms. The first-order chi connectivity index (χ1) is 6.22. The maximum atomic E-state index is 11.1. The third kappa shape index (κ3) is 3.38. The Morgan fingerprint density at radius 3 is 3.00 bits per heavy atom. The van der Waals surface area contributed by atoms with Crippen molar-refractivity contribution in [1.82, 2.24) is 0 Å². The molecule has 0 unspecified atom stereocenters. The molecule has 13 heavy (non-hydrogen) atoms. The maximum absolute atomic E-state index is 11.1. The van der Waals surface area contributed by atoms with E-state index >= 15 is 0 Å². The number of carbonyl (C=O) groups is 1. The van der Waals surface area contributed by atoms with Crippen LogP contribution in [-0.4, -0.2) is 23.0 Å². The number of benzene rings is 1. The minimum atomic E-state index is -0.0573. The highest BCUT2D eigenvalue weighted by molar-refractivity contribution is 7.99. The number of carbonyl (C=O) groups excluding carboxylic acids is 1. The van der Waals surface area contributed by atoms with Crippen molar-refractivity contribution >= 4 is 23.4 Å². The Balaban J connectivity index is 2.58. The first-order valence-corrected chi connectivity index (χ1v) is 5.19. The number of thioether (sulfide) groups is 1. The van der Waals surface area contributed by atoms with Crippen LogP contribution in [0.15, 0.2) is 24.3 Å². The van der Waals surface area contributed by atoms with Crippen molar-refractivity contribution in [3.05, 3.63) is 24.3 Å². The number of anilines is 1. The van der Waals surface area contributed by atoms with Crippen molar-refractivity contribution < 1.29 is 9.90 Å². The zero-order chi connectivity index (χ0) is 9.68. The van der Waals surface area contributed by atoms with Gasteiger partial charge in [0.15, 0.2) is 0 Å². The van der Waals surface area contributed by atoms with Crippen molar-refractivity contribution in [2.75, 3.05) is 17.3 Å². The Morgan fingerprint density at radius 1 is 1.62 bits per heavy atom. The summed E-state index contributed by atoms with van der Waals surface area (Å²) < 4.78 is 0. The van der Waals surface area contributed by atoms with Gasteiger partial charge in [0, 0.05) is 11.8 Å². The van der Waals surface area contributed by atoms with Crippen molar-refractivity contribution in [3.63, 3.8) is 0 Å². The zero-order valence-corrected chi connectivity index (χ0v) is 8.10. The molecule has 2 N–H and O–H groups in total. The number of phenolic OH excluding ortho intramolecular Hbond substituents is 1. The number of phenols is 1. The molecule has 0 aliphatic rings. The van der Waals surface area contributed by atoms with Gasteiger partial charge >= 0.3 is 0 Å². The van der Waals surface area contributed by atoms with E-state index < -0.39 is 0 Å². The van der Waals surface area contributed by atoms with Gasteiger partial charge in [-0.3, -0.25) is 4.79 Å². The van der Waals surface area contributed by atoms with Crippen molar-refractivity contribution in [2.24, 2.45) is 0 Å². The summed E-state index contributed by atoms with van der Waals surface area (Å²) in [5, 5.41) is 11.8. The molecule has 0 radical (unpaired) electrons. The van der Waals surface area contributed by atoms with E-state index in [1.54, 1.807) is 18.2 Å². The van der Waals surface area contributed by atoms with Gasteiger partial charge in [-0.05, 0) is 18.4 Å². The fourth-order valence-electron chi connectivity index (χ4n) is 0.912. The monoisotopic (exact) mass is 197 g/mol. The standard InChI is InChI=1S/C9H11NO2S/c1-13-6-9(12)10-7-3-2-4-8(11)5-7/h2-5,11H,6H2,1H3,(H,10,12). The highest BCUT2D eigenvalue weighted by Gasteiger charge is 2.00. The first-order valence-electron chi connectivity index (χ1n) is 3.80. The van der Waals surface area contributed by atoms with E-state index in [0.29, 0.717) is 11.4 Å². The second kappa shape index (κ2) is 4.77. The lowest BCUT2D eigenvalue weighted by atomic mass is 10.3. The highest BCUT2D eigenvalue weighted by atomic mass is 32.2. The molecule has 3 nitrogen and oxygen atoms in total. The van der Waals surface area contributed by atoms with Crippen LogP contribution in [0.5, 0.6) is 5.75 Å². The van der Waals surface area contributed by atoms with Crippen molar-refractivity contribution in [1.29, 1.82) is 0 Å². The SMILES string of the molecule is CSCC(=O)Nc1cccc(O)c1. The summed E-state index contributed by atoms with van der Waals surface area (Å²) in [4.78, 5) is 11.1. The van der Waals surface area contributed by atoms with Crippen LogP contribution in [0.3, 0.4) is 0 Å². The predicted molar refractivity (Wildman–Crippen MR) is 55.1 cm³/mol. The van der Waals surface area contributed by atoms with Gasteiger partial charge in [-0.25, -0.2) is 0 Å². The molecule has 0 aliphatic heterocycles. The summed E-state index contributed by atoms with van der Waals surface area (Å²) in [5.41, 5.74) is 0.624. The number of rotatable bonds is 3. The molecule has 4 heteroatoms. The van der Waals surface area contributed by atoms with Crippen LogP contribution in [-0.2, 0) is 4.79 Å². The van der Waals surface area contributed by atoms with E-state index in [2.05, 4.69) is 5.32 Å². The van der Waals surface area contributed by atoms with Crippen LogP contribution in [0.25, 0.3) is 0 Å². The smallest absolute Gasteiger partial charge is 0.234 e. The molecular weight excluding hydrogens is 186 g/mol. The lowest BCUT2D eigenvalue weighted by molar-refractivity contribution is -0.113. The molecule has 0 saturated carbocycles. The van der Waals surface area contributed by atoms with Gasteiger partial charge in [-0.1, -0.05) is 6.07 Å². The summed E-state index contributed by atoms with van der Waals surface area (Å²) in [6, 6.07) is 6.49. The first kappa shape index (κ1) is 9.92. The molecular formula is C9H11NO2S. The van der Waals surface area contributed by atoms with Gasteiger partial charge in [0.05, 0.1) is 5.75 Å². The van der Waals surface area contributed by atoms with Crippen LogP contribution in [0.4, 0.5) is 5.69 Å². The van der Waals surface area contributed by atoms with Gasteiger partial charge in [0.25, 0.3) is 0 Å². The predicted octanol–water partition coefficient (Wildman–Crippen LogP) is 1.69. The van der Waals surface area contributed by atoms with Gasteiger partial charge in [0.1, 0.15) is 5.75 Å². The average molecular weight is 197 g/mol. The Labute approximate surface area is 81.2 Å². The number of aromatic hydroxyl groups is 1. The van der Waals surface area contributed by atoms with E-state index in [1.807, 2.05) is 6.26 Å². The Morgan fingerprint density at radius 2 is 2.38 bits per heavy atom. The van der Waals surface area contributed by atoms with Crippen LogP contribution < -0.4 is 5.32 Å². The van der Waals surface area contributed by atoms with E-state index in [9.17, 15) is 4.79 Å². The quantitative estimate of drug-likeness (QED) is 0.775. The highest BCUT2D eigenvalue weighted by Crippen LogP contribution is 2.15. The molecule has 0 spiro atoms. The van der Waals surface area contributed by atoms with Crippen molar-refractivity contribution in [3.8, 4) is 5.75 Å². The molecule has 0 saturated heterocycles. The van der Waals surface area contributed by atoms with Crippen molar-refractivity contribution in [2.45, 2.75) is 0 Å². The maximum Gasteiger partial charge on any atom is 0.234 e. The summed E-state index contributed by atoms with van der Waals surface area (Å²) in [7, 11) is 0. The van der Waals surface area contributed by atoms with Crippen LogP contribution in [0.1, 0.15) is 0 Å². The molecule has 0 heterocycles. The molecule has 0 atom stereocenters. The molecule has 1 rings (SSSR count). The lowest BCUT2D eigenvalue weighted by Gasteiger charge is -2.03. The molecule has 70 valence electrons. The number of hydrogen-bond donors (Lipinski definition) is 2. The van der Waals surface area contributed by atoms with E-state index in [1.165, 1.54) is 17.8 Å². The van der Waals surface area contributed by atoms with Gasteiger partial charge < -0.3 is 10.4 Å². The summed E-state index contributed by atoms with van der Waals surface area (Å²) >= 11 is 1.46. The van der Waals surface area contributed by atoms with E-state index in [0.717, 1.165) is 0 Å². The summed E-state index contributed by atoms with van der Waals surface area (Å²) in [5.74, 6) is 0.524. The van der Waals surface area contributed by atoms with Gasteiger partial charge in [-0.2, -0.15) is 11.8 Å². The second-order valence-corrected chi connectivity index (χ2v) is 3.40. The molecule has 1 aromatic rings. The second-order valence-electron chi connectivity index (χ2n) is 2.53.